The number of aliphatic imine (C=N–C) groups is 1. The van der Waals surface area contributed by atoms with Crippen LogP contribution in [0, 0.1) is 6.92 Å². The molecule has 0 radical (unpaired) electrons. The monoisotopic (exact) mass is 406 g/mol. The third kappa shape index (κ3) is 5.45. The zero-order chi connectivity index (χ0) is 21.6. The summed E-state index contributed by atoms with van der Waals surface area (Å²) in [7, 11) is 1.92. The van der Waals surface area contributed by atoms with Crippen LogP contribution in [-0.4, -0.2) is 32.4 Å². The number of hydrogen-bond acceptors (Lipinski definition) is 4. The third-order valence-corrected chi connectivity index (χ3v) is 5.21. The summed E-state index contributed by atoms with van der Waals surface area (Å²) in [5, 5.41) is 25.9. The summed E-state index contributed by atoms with van der Waals surface area (Å²) in [4.78, 5) is 4.69. The lowest BCUT2D eigenvalue weighted by atomic mass is 9.96. The number of hydrogen-bond donors (Lipinski definition) is 3. The standard InChI is InChI=1S/C23H30N6O/c1-17(19-11-7-5-8-12-19)26-22(24-15-21-28-27-18(2)29(21)4)25-16-23(3,30)20-13-9-6-10-14-20/h5-14,17,30H,15-16H2,1-4H3,(H2,24,25,26). The van der Waals surface area contributed by atoms with Crippen LogP contribution in [0.2, 0.25) is 0 Å². The minimum absolute atomic E-state index is 0.0420. The van der Waals surface area contributed by atoms with Crippen molar-refractivity contribution in [1.29, 1.82) is 0 Å². The molecule has 0 bridgehead atoms. The lowest BCUT2D eigenvalue weighted by molar-refractivity contribution is 0.0616. The molecule has 0 fully saturated rings. The van der Waals surface area contributed by atoms with Crippen molar-refractivity contribution < 1.29 is 5.11 Å². The van der Waals surface area contributed by atoms with Crippen LogP contribution in [0.4, 0.5) is 0 Å². The first-order valence-electron chi connectivity index (χ1n) is 10.1. The minimum atomic E-state index is -1.04. The van der Waals surface area contributed by atoms with Gasteiger partial charge in [-0.1, -0.05) is 60.7 Å². The maximum Gasteiger partial charge on any atom is 0.192 e. The Bertz CT molecular complexity index is 966. The van der Waals surface area contributed by atoms with Crippen molar-refractivity contribution >= 4 is 5.96 Å². The first kappa shape index (κ1) is 21.5. The molecule has 0 saturated carbocycles. The molecule has 0 saturated heterocycles. The normalized spacial score (nSPS) is 14.8. The highest BCUT2D eigenvalue weighted by atomic mass is 16.3. The van der Waals surface area contributed by atoms with Gasteiger partial charge in [-0.05, 0) is 31.9 Å². The Morgan fingerprint density at radius 1 is 1.10 bits per heavy atom. The fourth-order valence-corrected chi connectivity index (χ4v) is 3.08. The zero-order valence-corrected chi connectivity index (χ0v) is 18.0. The highest BCUT2D eigenvalue weighted by Crippen LogP contribution is 2.19. The minimum Gasteiger partial charge on any atom is -0.384 e. The smallest absolute Gasteiger partial charge is 0.192 e. The van der Waals surface area contributed by atoms with Gasteiger partial charge >= 0.3 is 0 Å². The number of aryl methyl sites for hydroxylation is 1. The quantitative estimate of drug-likeness (QED) is 0.415. The van der Waals surface area contributed by atoms with Crippen molar-refractivity contribution in [1.82, 2.24) is 25.4 Å². The maximum atomic E-state index is 10.9. The van der Waals surface area contributed by atoms with Gasteiger partial charge in [-0.25, -0.2) is 4.99 Å². The average Bonchev–Trinajstić information content (AvgIpc) is 3.09. The van der Waals surface area contributed by atoms with Crippen LogP contribution in [0.25, 0.3) is 0 Å². The SMILES string of the molecule is Cc1nnc(CN=C(NCC(C)(O)c2ccccc2)NC(C)c2ccccc2)n1C. The van der Waals surface area contributed by atoms with Crippen molar-refractivity contribution in [2.75, 3.05) is 6.54 Å². The summed E-state index contributed by atoms with van der Waals surface area (Å²) in [6, 6.07) is 19.8. The molecule has 1 heterocycles. The molecule has 0 aliphatic carbocycles. The number of aliphatic hydroxyl groups is 1. The molecule has 0 spiro atoms. The molecule has 158 valence electrons. The van der Waals surface area contributed by atoms with Gasteiger partial charge in [0.2, 0.25) is 0 Å². The fourth-order valence-electron chi connectivity index (χ4n) is 3.08. The van der Waals surface area contributed by atoms with E-state index in [1.54, 1.807) is 6.92 Å². The second-order valence-corrected chi connectivity index (χ2v) is 7.66. The van der Waals surface area contributed by atoms with Crippen LogP contribution in [0.1, 0.15) is 42.7 Å². The Morgan fingerprint density at radius 2 is 1.73 bits per heavy atom. The first-order chi connectivity index (χ1) is 14.4. The Kier molecular flexibility index (Phi) is 6.84. The van der Waals surface area contributed by atoms with Gasteiger partial charge in [0.05, 0.1) is 12.6 Å². The summed E-state index contributed by atoms with van der Waals surface area (Å²) < 4.78 is 1.92. The van der Waals surface area contributed by atoms with Gasteiger partial charge in [-0.15, -0.1) is 10.2 Å². The summed E-state index contributed by atoms with van der Waals surface area (Å²) in [6.07, 6.45) is 0. The molecule has 7 heteroatoms. The van der Waals surface area contributed by atoms with Crippen LogP contribution < -0.4 is 10.6 Å². The van der Waals surface area contributed by atoms with Crippen LogP contribution >= 0.6 is 0 Å². The van der Waals surface area contributed by atoms with E-state index in [4.69, 9.17) is 4.99 Å². The number of nitrogens with zero attached hydrogens (tertiary/aromatic N) is 4. The summed E-state index contributed by atoms with van der Waals surface area (Å²) >= 11 is 0. The first-order valence-corrected chi connectivity index (χ1v) is 10.1. The predicted octanol–water partition coefficient (Wildman–Crippen LogP) is 2.83. The van der Waals surface area contributed by atoms with Crippen molar-refractivity contribution in [3.63, 3.8) is 0 Å². The van der Waals surface area contributed by atoms with E-state index in [9.17, 15) is 5.11 Å². The summed E-state index contributed by atoms with van der Waals surface area (Å²) in [5.41, 5.74) is 0.953. The van der Waals surface area contributed by atoms with Crippen molar-refractivity contribution in [3.8, 4) is 0 Å². The highest BCUT2D eigenvalue weighted by Gasteiger charge is 2.23. The van der Waals surface area contributed by atoms with Gasteiger partial charge in [0.15, 0.2) is 11.8 Å². The topological polar surface area (TPSA) is 87.4 Å². The van der Waals surface area contributed by atoms with E-state index in [0.29, 0.717) is 19.0 Å². The number of benzene rings is 2. The van der Waals surface area contributed by atoms with E-state index >= 15 is 0 Å². The molecular weight excluding hydrogens is 376 g/mol. The van der Waals surface area contributed by atoms with E-state index in [0.717, 1.165) is 22.8 Å². The number of aromatic nitrogens is 3. The molecule has 30 heavy (non-hydrogen) atoms. The van der Waals surface area contributed by atoms with Crippen LogP contribution in [0.5, 0.6) is 0 Å². The van der Waals surface area contributed by atoms with Gasteiger partial charge in [-0.3, -0.25) is 0 Å². The Balaban J connectivity index is 1.76. The zero-order valence-electron chi connectivity index (χ0n) is 18.0. The Morgan fingerprint density at radius 3 is 2.33 bits per heavy atom. The van der Waals surface area contributed by atoms with E-state index in [2.05, 4.69) is 39.9 Å². The molecule has 0 amide bonds. The lowest BCUT2D eigenvalue weighted by Crippen LogP contribution is -2.45. The van der Waals surface area contributed by atoms with E-state index in [1.165, 1.54) is 0 Å². The van der Waals surface area contributed by atoms with Gasteiger partial charge in [-0.2, -0.15) is 0 Å². The number of nitrogens with one attached hydrogen (secondary N) is 2. The maximum absolute atomic E-state index is 10.9. The molecule has 7 nitrogen and oxygen atoms in total. The molecule has 0 aliphatic rings. The number of guanidine groups is 1. The molecule has 0 aliphatic heterocycles. The number of rotatable bonds is 7. The van der Waals surface area contributed by atoms with Gasteiger partial charge in [0.25, 0.3) is 0 Å². The molecule has 1 aromatic heterocycles. The Hall–Kier alpha value is -3.19. The second-order valence-electron chi connectivity index (χ2n) is 7.66. The van der Waals surface area contributed by atoms with Gasteiger partial charge in [0.1, 0.15) is 18.0 Å². The molecule has 2 atom stereocenters. The Labute approximate surface area is 177 Å². The van der Waals surface area contributed by atoms with Crippen LogP contribution in [0.3, 0.4) is 0 Å². The van der Waals surface area contributed by atoms with Gasteiger partial charge < -0.3 is 20.3 Å². The van der Waals surface area contributed by atoms with Crippen molar-refractivity contribution in [3.05, 3.63) is 83.4 Å². The summed E-state index contributed by atoms with van der Waals surface area (Å²) in [6.45, 7) is 6.46. The van der Waals surface area contributed by atoms with Crippen LogP contribution in [-0.2, 0) is 19.2 Å². The van der Waals surface area contributed by atoms with Crippen molar-refractivity contribution in [2.45, 2.75) is 39.0 Å². The molecule has 2 unspecified atom stereocenters. The molecule has 2 aromatic carbocycles. The summed E-state index contributed by atoms with van der Waals surface area (Å²) in [5.74, 6) is 2.21. The molecule has 3 aromatic rings. The van der Waals surface area contributed by atoms with E-state index < -0.39 is 5.60 Å². The third-order valence-electron chi connectivity index (χ3n) is 5.21. The van der Waals surface area contributed by atoms with Crippen molar-refractivity contribution in [2.24, 2.45) is 12.0 Å². The predicted molar refractivity (Wildman–Crippen MR) is 119 cm³/mol. The molecule has 3 N–H and O–H groups in total. The van der Waals surface area contributed by atoms with E-state index in [-0.39, 0.29) is 6.04 Å². The largest absolute Gasteiger partial charge is 0.384 e. The second kappa shape index (κ2) is 9.54. The average molecular weight is 407 g/mol. The highest BCUT2D eigenvalue weighted by molar-refractivity contribution is 5.80. The van der Waals surface area contributed by atoms with E-state index in [1.807, 2.05) is 67.1 Å². The lowest BCUT2D eigenvalue weighted by Gasteiger charge is -2.26. The fraction of sp³-hybridized carbons (Fsp3) is 0.348. The van der Waals surface area contributed by atoms with Gasteiger partial charge in [0, 0.05) is 7.05 Å². The van der Waals surface area contributed by atoms with Crippen LogP contribution in [0.15, 0.2) is 65.7 Å². The molecule has 3 rings (SSSR count). The molecular formula is C23H30N6O.